The van der Waals surface area contributed by atoms with Crippen LogP contribution in [0.4, 0.5) is 0 Å². The van der Waals surface area contributed by atoms with E-state index in [1.54, 1.807) is 6.08 Å². The van der Waals surface area contributed by atoms with Crippen molar-refractivity contribution >= 4 is 40.7 Å². The van der Waals surface area contributed by atoms with Crippen LogP contribution < -0.4 is 0 Å². The summed E-state index contributed by atoms with van der Waals surface area (Å²) in [6.07, 6.45) is 7.03. The second-order valence-electron chi connectivity index (χ2n) is 5.78. The van der Waals surface area contributed by atoms with Crippen LogP contribution in [0.3, 0.4) is 0 Å². The molecule has 124 valence electrons. The highest BCUT2D eigenvalue weighted by Crippen LogP contribution is 2.40. The van der Waals surface area contributed by atoms with Crippen LogP contribution in [0.25, 0.3) is 0 Å². The first-order chi connectivity index (χ1) is 10.4. The fraction of sp³-hybridized carbons (Fsp3) is 0.786. The van der Waals surface area contributed by atoms with Crippen LogP contribution in [0.2, 0.25) is 0 Å². The Morgan fingerprint density at radius 2 is 1.95 bits per heavy atom. The van der Waals surface area contributed by atoms with E-state index in [2.05, 4.69) is 0 Å². The van der Waals surface area contributed by atoms with Crippen LogP contribution in [0, 0.1) is 5.41 Å². The van der Waals surface area contributed by atoms with Gasteiger partial charge in [0.1, 0.15) is 6.10 Å². The Hall–Kier alpha value is -0.200. The number of alkyl halides is 3. The third kappa shape index (κ3) is 3.49. The van der Waals surface area contributed by atoms with Gasteiger partial charge in [0.2, 0.25) is 5.90 Å². The number of halogens is 3. The zero-order valence-corrected chi connectivity index (χ0v) is 14.2. The normalized spacial score (nSPS) is 33.9. The second kappa shape index (κ2) is 6.36. The molecule has 5 nitrogen and oxygen atoms in total. The zero-order valence-electron chi connectivity index (χ0n) is 11.9. The van der Waals surface area contributed by atoms with Crippen LogP contribution in [0.1, 0.15) is 32.1 Å². The number of fused-ring (bicyclic) bond motifs is 1. The van der Waals surface area contributed by atoms with Crippen LogP contribution in [-0.2, 0) is 18.9 Å². The molecule has 1 N–H and O–H groups in total. The van der Waals surface area contributed by atoms with Crippen LogP contribution in [-0.4, -0.2) is 40.4 Å². The fourth-order valence-electron chi connectivity index (χ4n) is 3.08. The standard InChI is InChI=1S/C14H18Cl3NO4/c15-14(16,17)12(18)21-9-4-7-19-10-8-20-13(22-11(9)10)5-2-1-3-6-13/h4,7,9-11,18H,1-3,5-6,8H2/t9-,10-,11+/m1/s1. The summed E-state index contributed by atoms with van der Waals surface area (Å²) >= 11 is 17.0. The molecule has 0 unspecified atom stereocenters. The van der Waals surface area contributed by atoms with Gasteiger partial charge in [0, 0.05) is 12.8 Å². The Bertz CT molecular complexity index is 459. The van der Waals surface area contributed by atoms with Crippen LogP contribution in [0.15, 0.2) is 12.3 Å². The molecule has 0 radical (unpaired) electrons. The lowest BCUT2D eigenvalue weighted by Crippen LogP contribution is -2.58. The van der Waals surface area contributed by atoms with Gasteiger partial charge in [-0.15, -0.1) is 0 Å². The average molecular weight is 371 g/mol. The van der Waals surface area contributed by atoms with Gasteiger partial charge in [0.15, 0.2) is 18.0 Å². The maximum atomic E-state index is 7.74. The van der Waals surface area contributed by atoms with Crippen LogP contribution >= 0.6 is 34.8 Å². The molecule has 2 fully saturated rings. The molecule has 2 aliphatic heterocycles. The average Bonchev–Trinajstić information content (AvgIpc) is 2.48. The van der Waals surface area contributed by atoms with Crippen molar-refractivity contribution in [1.29, 1.82) is 5.41 Å². The monoisotopic (exact) mass is 369 g/mol. The van der Waals surface area contributed by atoms with Gasteiger partial charge < -0.3 is 18.9 Å². The molecule has 0 aromatic carbocycles. The van der Waals surface area contributed by atoms with E-state index in [0.717, 1.165) is 25.7 Å². The summed E-state index contributed by atoms with van der Waals surface area (Å²) in [5.41, 5.74) is 0. The van der Waals surface area contributed by atoms with Gasteiger partial charge in [0.25, 0.3) is 3.79 Å². The Morgan fingerprint density at radius 1 is 1.23 bits per heavy atom. The highest BCUT2D eigenvalue weighted by molar-refractivity contribution is 6.76. The third-order valence-corrected chi connectivity index (χ3v) is 4.72. The van der Waals surface area contributed by atoms with Crippen molar-refractivity contribution in [1.82, 2.24) is 0 Å². The quantitative estimate of drug-likeness (QED) is 0.434. The lowest BCUT2D eigenvalue weighted by Gasteiger charge is -2.48. The van der Waals surface area contributed by atoms with E-state index in [4.69, 9.17) is 59.2 Å². The molecular weight excluding hydrogens is 353 g/mol. The Morgan fingerprint density at radius 3 is 2.64 bits per heavy atom. The van der Waals surface area contributed by atoms with Crippen molar-refractivity contribution in [2.24, 2.45) is 0 Å². The van der Waals surface area contributed by atoms with Gasteiger partial charge in [-0.3, -0.25) is 5.41 Å². The summed E-state index contributed by atoms with van der Waals surface area (Å²) < 4.78 is 21.3. The maximum Gasteiger partial charge on any atom is 0.265 e. The summed E-state index contributed by atoms with van der Waals surface area (Å²) in [6.45, 7) is 0.427. The van der Waals surface area contributed by atoms with Gasteiger partial charge >= 0.3 is 0 Å². The molecule has 3 aliphatic rings. The van der Waals surface area contributed by atoms with Gasteiger partial charge in [-0.25, -0.2) is 0 Å². The molecule has 1 saturated heterocycles. The predicted molar refractivity (Wildman–Crippen MR) is 83.5 cm³/mol. The van der Waals surface area contributed by atoms with Crippen molar-refractivity contribution in [3.63, 3.8) is 0 Å². The first-order valence-electron chi connectivity index (χ1n) is 7.36. The molecule has 3 rings (SSSR count). The first-order valence-corrected chi connectivity index (χ1v) is 8.49. The van der Waals surface area contributed by atoms with Crippen molar-refractivity contribution in [3.05, 3.63) is 12.3 Å². The minimum Gasteiger partial charge on any atom is -0.493 e. The molecule has 0 aromatic rings. The lowest BCUT2D eigenvalue weighted by molar-refractivity contribution is -0.342. The Balaban J connectivity index is 1.72. The summed E-state index contributed by atoms with van der Waals surface area (Å²) in [5, 5.41) is 7.74. The molecule has 8 heteroatoms. The van der Waals surface area contributed by atoms with Gasteiger partial charge in [-0.05, 0) is 18.9 Å². The molecule has 0 bridgehead atoms. The number of nitrogens with one attached hydrogen (secondary N) is 1. The van der Waals surface area contributed by atoms with E-state index < -0.39 is 21.6 Å². The molecular formula is C14H18Cl3NO4. The smallest absolute Gasteiger partial charge is 0.265 e. The topological polar surface area (TPSA) is 60.8 Å². The zero-order chi connectivity index (χ0) is 15.8. The fourth-order valence-corrected chi connectivity index (χ4v) is 3.21. The first kappa shape index (κ1) is 16.7. The summed E-state index contributed by atoms with van der Waals surface area (Å²) in [7, 11) is 0. The lowest BCUT2D eigenvalue weighted by atomic mass is 9.92. The van der Waals surface area contributed by atoms with E-state index in [0.29, 0.717) is 6.61 Å². The van der Waals surface area contributed by atoms with Gasteiger partial charge in [-0.2, -0.15) is 0 Å². The summed E-state index contributed by atoms with van der Waals surface area (Å²) in [6, 6.07) is 0. The van der Waals surface area contributed by atoms with Crippen molar-refractivity contribution in [2.45, 2.75) is 60.0 Å². The van der Waals surface area contributed by atoms with E-state index in [1.807, 2.05) is 0 Å². The van der Waals surface area contributed by atoms with E-state index >= 15 is 0 Å². The van der Waals surface area contributed by atoms with E-state index in [1.165, 1.54) is 12.7 Å². The molecule has 0 amide bonds. The molecule has 0 aromatic heterocycles. The Labute approximate surface area is 144 Å². The van der Waals surface area contributed by atoms with E-state index in [9.17, 15) is 0 Å². The molecule has 22 heavy (non-hydrogen) atoms. The maximum absolute atomic E-state index is 7.74. The number of hydrogen-bond donors (Lipinski definition) is 1. The van der Waals surface area contributed by atoms with Gasteiger partial charge in [0.05, 0.1) is 12.9 Å². The predicted octanol–water partition coefficient (Wildman–Crippen LogP) is 3.71. The second-order valence-corrected chi connectivity index (χ2v) is 8.06. The van der Waals surface area contributed by atoms with Crippen molar-refractivity contribution in [2.75, 3.05) is 6.61 Å². The van der Waals surface area contributed by atoms with Crippen LogP contribution in [0.5, 0.6) is 0 Å². The molecule has 1 spiro atoms. The minimum absolute atomic E-state index is 0.286. The molecule has 1 saturated carbocycles. The highest BCUT2D eigenvalue weighted by atomic mass is 35.6. The number of hydrogen-bond acceptors (Lipinski definition) is 5. The van der Waals surface area contributed by atoms with Gasteiger partial charge in [-0.1, -0.05) is 41.2 Å². The Kier molecular flexibility index (Phi) is 4.82. The van der Waals surface area contributed by atoms with E-state index in [-0.39, 0.29) is 12.2 Å². The summed E-state index contributed by atoms with van der Waals surface area (Å²) in [5.74, 6) is -1.00. The van der Waals surface area contributed by atoms with Crippen molar-refractivity contribution in [3.8, 4) is 0 Å². The minimum atomic E-state index is -1.89. The largest absolute Gasteiger partial charge is 0.493 e. The molecule has 3 atom stereocenters. The number of rotatable bonds is 1. The summed E-state index contributed by atoms with van der Waals surface area (Å²) in [4.78, 5) is 0. The highest BCUT2D eigenvalue weighted by Gasteiger charge is 2.49. The molecule has 2 heterocycles. The van der Waals surface area contributed by atoms with Crippen molar-refractivity contribution < 1.29 is 18.9 Å². The SMILES string of the molecule is N=C(O[C@@H]1C=CO[C@@H]2COC3(CCCCC3)O[C@@H]12)C(Cl)(Cl)Cl. The number of ether oxygens (including phenoxy) is 4. The molecule has 1 aliphatic carbocycles. The third-order valence-electron chi connectivity index (χ3n) is 4.20.